The van der Waals surface area contributed by atoms with Crippen LogP contribution in [0, 0.1) is 0 Å². The van der Waals surface area contributed by atoms with Crippen molar-refractivity contribution in [3.8, 4) is 11.1 Å². The van der Waals surface area contributed by atoms with Gasteiger partial charge in [0, 0.05) is 12.7 Å². The molecule has 0 aliphatic carbocycles. The second-order valence-corrected chi connectivity index (χ2v) is 6.15. The van der Waals surface area contributed by atoms with E-state index >= 15 is 0 Å². The minimum Gasteiger partial charge on any atom is -0.463 e. The lowest BCUT2D eigenvalue weighted by Crippen LogP contribution is -2.46. The molecule has 1 aliphatic heterocycles. The normalized spacial score (nSPS) is 17.1. The molecule has 0 fully saturated rings. The minimum atomic E-state index is -0.525. The summed E-state index contributed by atoms with van der Waals surface area (Å²) >= 11 is 0. The molecule has 1 N–H and O–H groups in total. The Hall–Kier alpha value is -3.08. The van der Waals surface area contributed by atoms with Gasteiger partial charge < -0.3 is 15.0 Å². The molecular weight excluding hydrogens is 328 g/mol. The summed E-state index contributed by atoms with van der Waals surface area (Å²) in [5.74, 6) is -0.408. The highest BCUT2D eigenvalue weighted by atomic mass is 16.5. The molecule has 0 spiro atoms. The molecule has 5 heteroatoms. The highest BCUT2D eigenvalue weighted by Crippen LogP contribution is 2.31. The molecule has 134 valence electrons. The van der Waals surface area contributed by atoms with Crippen LogP contribution in [-0.4, -0.2) is 30.6 Å². The average Bonchev–Trinajstić information content (AvgIpc) is 2.67. The molecule has 0 radical (unpaired) electrons. The Morgan fingerprint density at radius 1 is 1.08 bits per heavy atom. The number of carbonyl (C=O) groups excluding carboxylic acids is 2. The standard InChI is InChI=1S/C21H22N2O3/c1-4-26-20(24)18-14(2)23(3)21(25)22-19(18)17-12-10-16(11-13-17)15-8-6-5-7-9-15/h5-13,19H,4H2,1-3H3,(H,22,25)/t19-/m1/s1. The summed E-state index contributed by atoms with van der Waals surface area (Å²) in [6.45, 7) is 3.81. The van der Waals surface area contributed by atoms with Gasteiger partial charge in [-0.25, -0.2) is 9.59 Å². The number of allylic oxidation sites excluding steroid dienone is 1. The van der Waals surface area contributed by atoms with Gasteiger partial charge in [-0.2, -0.15) is 0 Å². The summed E-state index contributed by atoms with van der Waals surface area (Å²) in [4.78, 5) is 26.1. The molecule has 1 atom stereocenters. The monoisotopic (exact) mass is 350 g/mol. The Morgan fingerprint density at radius 2 is 1.69 bits per heavy atom. The molecule has 5 nitrogen and oxygen atoms in total. The molecule has 2 aromatic carbocycles. The maximum atomic E-state index is 12.5. The summed E-state index contributed by atoms with van der Waals surface area (Å²) in [5, 5.41) is 2.89. The van der Waals surface area contributed by atoms with E-state index in [1.165, 1.54) is 4.90 Å². The summed E-state index contributed by atoms with van der Waals surface area (Å²) in [7, 11) is 1.64. The summed E-state index contributed by atoms with van der Waals surface area (Å²) in [6.07, 6.45) is 0. The molecule has 0 aromatic heterocycles. The van der Waals surface area contributed by atoms with E-state index in [0.717, 1.165) is 16.7 Å². The van der Waals surface area contributed by atoms with E-state index in [4.69, 9.17) is 4.74 Å². The second kappa shape index (κ2) is 7.44. The number of hydrogen-bond donors (Lipinski definition) is 1. The zero-order valence-corrected chi connectivity index (χ0v) is 15.2. The Morgan fingerprint density at radius 3 is 2.31 bits per heavy atom. The number of nitrogens with zero attached hydrogens (tertiary/aromatic N) is 1. The van der Waals surface area contributed by atoms with Crippen LogP contribution in [-0.2, 0) is 9.53 Å². The number of benzene rings is 2. The van der Waals surface area contributed by atoms with Crippen LogP contribution in [0.25, 0.3) is 11.1 Å². The van der Waals surface area contributed by atoms with E-state index in [1.54, 1.807) is 20.9 Å². The third kappa shape index (κ3) is 3.33. The van der Waals surface area contributed by atoms with Crippen molar-refractivity contribution in [3.63, 3.8) is 0 Å². The highest BCUT2D eigenvalue weighted by molar-refractivity contribution is 5.95. The van der Waals surface area contributed by atoms with Gasteiger partial charge in [-0.1, -0.05) is 54.6 Å². The zero-order chi connectivity index (χ0) is 18.7. The fourth-order valence-electron chi connectivity index (χ4n) is 3.06. The van der Waals surface area contributed by atoms with E-state index in [9.17, 15) is 9.59 Å². The van der Waals surface area contributed by atoms with E-state index < -0.39 is 12.0 Å². The van der Waals surface area contributed by atoms with Crippen LogP contribution in [0.15, 0.2) is 65.9 Å². The van der Waals surface area contributed by atoms with Gasteiger partial charge in [0.25, 0.3) is 0 Å². The predicted molar refractivity (Wildman–Crippen MR) is 100 cm³/mol. The first kappa shape index (κ1) is 17.7. The largest absolute Gasteiger partial charge is 0.463 e. The lowest BCUT2D eigenvalue weighted by Gasteiger charge is -2.33. The van der Waals surface area contributed by atoms with Crippen molar-refractivity contribution in [3.05, 3.63) is 71.4 Å². The zero-order valence-electron chi connectivity index (χ0n) is 15.2. The molecular formula is C21H22N2O3. The van der Waals surface area contributed by atoms with E-state index in [2.05, 4.69) is 5.32 Å². The molecule has 1 heterocycles. The third-order valence-electron chi connectivity index (χ3n) is 4.60. The van der Waals surface area contributed by atoms with Gasteiger partial charge in [-0.15, -0.1) is 0 Å². The fraction of sp³-hybridized carbons (Fsp3) is 0.238. The predicted octanol–water partition coefficient (Wildman–Crippen LogP) is 3.89. The first-order valence-corrected chi connectivity index (χ1v) is 8.60. The highest BCUT2D eigenvalue weighted by Gasteiger charge is 2.34. The molecule has 0 unspecified atom stereocenters. The van der Waals surface area contributed by atoms with Crippen molar-refractivity contribution in [1.29, 1.82) is 0 Å². The Kier molecular flexibility index (Phi) is 5.07. The van der Waals surface area contributed by atoms with Gasteiger partial charge >= 0.3 is 12.0 Å². The quantitative estimate of drug-likeness (QED) is 0.851. The fourth-order valence-corrected chi connectivity index (χ4v) is 3.06. The number of ether oxygens (including phenoxy) is 1. The number of amides is 2. The molecule has 0 saturated heterocycles. The number of esters is 1. The molecule has 26 heavy (non-hydrogen) atoms. The Balaban J connectivity index is 1.98. The van der Waals surface area contributed by atoms with Crippen molar-refractivity contribution in [2.75, 3.05) is 13.7 Å². The summed E-state index contributed by atoms with van der Waals surface area (Å²) in [6, 6.07) is 17.1. The SMILES string of the molecule is CCOC(=O)C1=C(C)N(C)C(=O)N[C@@H]1c1ccc(-c2ccccc2)cc1. The lowest BCUT2D eigenvalue weighted by atomic mass is 9.93. The van der Waals surface area contributed by atoms with Crippen LogP contribution in [0.3, 0.4) is 0 Å². The number of rotatable bonds is 4. The van der Waals surface area contributed by atoms with Crippen LogP contribution in [0.2, 0.25) is 0 Å². The maximum Gasteiger partial charge on any atom is 0.338 e. The van der Waals surface area contributed by atoms with Crippen molar-refractivity contribution >= 4 is 12.0 Å². The van der Waals surface area contributed by atoms with Crippen molar-refractivity contribution < 1.29 is 14.3 Å². The molecule has 2 amide bonds. The summed E-state index contributed by atoms with van der Waals surface area (Å²) in [5.41, 5.74) is 4.09. The smallest absolute Gasteiger partial charge is 0.338 e. The second-order valence-electron chi connectivity index (χ2n) is 6.15. The molecule has 0 bridgehead atoms. The number of carbonyl (C=O) groups is 2. The Bertz CT molecular complexity index is 841. The van der Waals surface area contributed by atoms with Crippen LogP contribution >= 0.6 is 0 Å². The van der Waals surface area contributed by atoms with Gasteiger partial charge in [-0.05, 0) is 30.5 Å². The van der Waals surface area contributed by atoms with E-state index in [-0.39, 0.29) is 12.6 Å². The molecule has 1 aliphatic rings. The van der Waals surface area contributed by atoms with Crippen LogP contribution in [0.5, 0.6) is 0 Å². The van der Waals surface area contributed by atoms with Crippen LogP contribution in [0.1, 0.15) is 25.5 Å². The topological polar surface area (TPSA) is 58.6 Å². The van der Waals surface area contributed by atoms with E-state index in [1.807, 2.05) is 54.6 Å². The van der Waals surface area contributed by atoms with Gasteiger partial charge in [-0.3, -0.25) is 0 Å². The molecule has 0 saturated carbocycles. The Labute approximate surface area is 153 Å². The number of urea groups is 1. The van der Waals surface area contributed by atoms with Gasteiger partial charge in [0.05, 0.1) is 18.2 Å². The number of nitrogens with one attached hydrogen (secondary N) is 1. The van der Waals surface area contributed by atoms with Gasteiger partial charge in [0.15, 0.2) is 0 Å². The van der Waals surface area contributed by atoms with Gasteiger partial charge in [0.2, 0.25) is 0 Å². The third-order valence-corrected chi connectivity index (χ3v) is 4.60. The number of hydrogen-bond acceptors (Lipinski definition) is 3. The van der Waals surface area contributed by atoms with Crippen LogP contribution < -0.4 is 5.32 Å². The van der Waals surface area contributed by atoms with Crippen LogP contribution in [0.4, 0.5) is 4.79 Å². The van der Waals surface area contributed by atoms with Crippen molar-refractivity contribution in [2.24, 2.45) is 0 Å². The summed E-state index contributed by atoms with van der Waals surface area (Å²) < 4.78 is 5.21. The molecule has 2 aromatic rings. The van der Waals surface area contributed by atoms with Gasteiger partial charge in [0.1, 0.15) is 0 Å². The first-order valence-electron chi connectivity index (χ1n) is 8.60. The average molecular weight is 350 g/mol. The molecule has 3 rings (SSSR count). The lowest BCUT2D eigenvalue weighted by molar-refractivity contribution is -0.139. The minimum absolute atomic E-state index is 0.243. The maximum absolute atomic E-state index is 12.5. The van der Waals surface area contributed by atoms with Crippen molar-refractivity contribution in [2.45, 2.75) is 19.9 Å². The van der Waals surface area contributed by atoms with Crippen molar-refractivity contribution in [1.82, 2.24) is 10.2 Å². The van der Waals surface area contributed by atoms with E-state index in [0.29, 0.717) is 11.3 Å². The first-order chi connectivity index (χ1) is 12.5.